The van der Waals surface area contributed by atoms with E-state index < -0.39 is 0 Å². The Balaban J connectivity index is 1.46. The topological polar surface area (TPSA) is 23.6 Å². The van der Waals surface area contributed by atoms with Gasteiger partial charge in [0.2, 0.25) is 0 Å². The Kier molecular flexibility index (Phi) is 4.58. The molecule has 2 heterocycles. The monoisotopic (exact) mass is 334 g/mol. The highest BCUT2D eigenvalue weighted by atomic mass is 16.2. The zero-order chi connectivity index (χ0) is 17.2. The fourth-order valence-corrected chi connectivity index (χ4v) is 4.23. The Morgan fingerprint density at radius 3 is 2.72 bits per heavy atom. The van der Waals surface area contributed by atoms with Crippen molar-refractivity contribution >= 4 is 5.91 Å². The highest BCUT2D eigenvalue weighted by molar-refractivity contribution is 5.94. The average molecular weight is 334 g/mol. The molecule has 0 unspecified atom stereocenters. The second-order valence-electron chi connectivity index (χ2n) is 7.41. The van der Waals surface area contributed by atoms with Gasteiger partial charge in [-0.3, -0.25) is 9.69 Å². The number of amides is 1. The van der Waals surface area contributed by atoms with Crippen molar-refractivity contribution in [3.05, 3.63) is 70.8 Å². The van der Waals surface area contributed by atoms with Gasteiger partial charge in [0.15, 0.2) is 0 Å². The molecule has 0 bridgehead atoms. The van der Waals surface area contributed by atoms with Crippen LogP contribution in [0.2, 0.25) is 0 Å². The Labute approximate surface area is 150 Å². The van der Waals surface area contributed by atoms with Crippen molar-refractivity contribution in [3.8, 4) is 0 Å². The molecule has 3 nitrogen and oxygen atoms in total. The third kappa shape index (κ3) is 3.47. The van der Waals surface area contributed by atoms with Gasteiger partial charge in [0, 0.05) is 37.8 Å². The lowest BCUT2D eigenvalue weighted by molar-refractivity contribution is 0.0549. The van der Waals surface area contributed by atoms with Crippen LogP contribution in [0, 0.1) is 6.92 Å². The molecular weight excluding hydrogens is 308 g/mol. The highest BCUT2D eigenvalue weighted by Crippen LogP contribution is 2.25. The summed E-state index contributed by atoms with van der Waals surface area (Å²) in [7, 11) is 0. The van der Waals surface area contributed by atoms with Crippen molar-refractivity contribution in [3.63, 3.8) is 0 Å². The number of aryl methyl sites for hydroxylation is 1. The average Bonchev–Trinajstić information content (AvgIpc) is 2.67. The molecule has 1 atom stereocenters. The maximum absolute atomic E-state index is 12.9. The number of fused-ring (bicyclic) bond motifs is 1. The van der Waals surface area contributed by atoms with Crippen LogP contribution in [0.5, 0.6) is 0 Å². The molecule has 3 heteroatoms. The number of hydrogen-bond acceptors (Lipinski definition) is 2. The predicted molar refractivity (Wildman–Crippen MR) is 101 cm³/mol. The van der Waals surface area contributed by atoms with Gasteiger partial charge in [-0.25, -0.2) is 0 Å². The minimum absolute atomic E-state index is 0.186. The summed E-state index contributed by atoms with van der Waals surface area (Å²) >= 11 is 0. The molecule has 1 amide bonds. The number of rotatable bonds is 2. The summed E-state index contributed by atoms with van der Waals surface area (Å²) in [4.78, 5) is 17.5. The SMILES string of the molecule is Cc1cccc(C(=O)N2CCC[C@H](N3CCc4ccccc4C3)C2)c1. The molecule has 0 spiro atoms. The van der Waals surface area contributed by atoms with Crippen LogP contribution in [0.15, 0.2) is 48.5 Å². The van der Waals surface area contributed by atoms with E-state index in [2.05, 4.69) is 34.1 Å². The van der Waals surface area contributed by atoms with Gasteiger partial charge >= 0.3 is 0 Å². The summed E-state index contributed by atoms with van der Waals surface area (Å²) in [5.41, 5.74) is 4.91. The van der Waals surface area contributed by atoms with Crippen molar-refractivity contribution in [2.45, 2.75) is 38.8 Å². The molecular formula is C22H26N2O. The van der Waals surface area contributed by atoms with Crippen LogP contribution in [0.25, 0.3) is 0 Å². The molecule has 1 saturated heterocycles. The molecule has 2 aliphatic heterocycles. The zero-order valence-corrected chi connectivity index (χ0v) is 14.9. The number of nitrogens with zero attached hydrogens (tertiary/aromatic N) is 2. The molecule has 2 aromatic carbocycles. The van der Waals surface area contributed by atoms with Gasteiger partial charge in [-0.15, -0.1) is 0 Å². The molecule has 25 heavy (non-hydrogen) atoms. The molecule has 0 aliphatic carbocycles. The Bertz CT molecular complexity index is 770. The largest absolute Gasteiger partial charge is 0.337 e. The molecule has 0 N–H and O–H groups in total. The molecule has 0 saturated carbocycles. The fourth-order valence-electron chi connectivity index (χ4n) is 4.23. The summed E-state index contributed by atoms with van der Waals surface area (Å²) in [6.07, 6.45) is 3.42. The lowest BCUT2D eigenvalue weighted by Crippen LogP contribution is -2.51. The third-order valence-electron chi connectivity index (χ3n) is 5.63. The number of likely N-dealkylation sites (tertiary alicyclic amines) is 1. The number of carbonyl (C=O) groups excluding carboxylic acids is 1. The van der Waals surface area contributed by atoms with Crippen molar-refractivity contribution in [1.29, 1.82) is 0 Å². The van der Waals surface area contributed by atoms with Crippen molar-refractivity contribution in [2.24, 2.45) is 0 Å². The summed E-state index contributed by atoms with van der Waals surface area (Å²) in [5, 5.41) is 0. The molecule has 0 radical (unpaired) electrons. The molecule has 4 rings (SSSR count). The van der Waals surface area contributed by atoms with Gasteiger partial charge in [-0.1, -0.05) is 42.0 Å². The van der Waals surface area contributed by atoms with E-state index in [1.54, 1.807) is 0 Å². The van der Waals surface area contributed by atoms with E-state index >= 15 is 0 Å². The van der Waals surface area contributed by atoms with Gasteiger partial charge in [-0.05, 0) is 49.4 Å². The number of hydrogen-bond donors (Lipinski definition) is 0. The van der Waals surface area contributed by atoms with E-state index in [4.69, 9.17) is 0 Å². The lowest BCUT2D eigenvalue weighted by Gasteiger charge is -2.41. The first-order chi connectivity index (χ1) is 12.2. The zero-order valence-electron chi connectivity index (χ0n) is 14.9. The maximum atomic E-state index is 12.9. The van der Waals surface area contributed by atoms with E-state index in [1.165, 1.54) is 17.5 Å². The Hall–Kier alpha value is -2.13. The first-order valence-corrected chi connectivity index (χ1v) is 9.37. The number of carbonyl (C=O) groups is 1. The molecule has 130 valence electrons. The Morgan fingerprint density at radius 2 is 1.88 bits per heavy atom. The van der Waals surface area contributed by atoms with Crippen LogP contribution in [-0.4, -0.2) is 41.4 Å². The summed E-state index contributed by atoms with van der Waals surface area (Å²) in [6, 6.07) is 17.2. The summed E-state index contributed by atoms with van der Waals surface area (Å²) < 4.78 is 0. The fraction of sp³-hybridized carbons (Fsp3) is 0.409. The first kappa shape index (κ1) is 16.3. The third-order valence-corrected chi connectivity index (χ3v) is 5.63. The summed E-state index contributed by atoms with van der Waals surface area (Å²) in [6.45, 7) is 5.91. The minimum Gasteiger partial charge on any atom is -0.337 e. The lowest BCUT2D eigenvalue weighted by atomic mass is 9.95. The van der Waals surface area contributed by atoms with Crippen LogP contribution in [0.1, 0.15) is 39.9 Å². The van der Waals surface area contributed by atoms with Gasteiger partial charge < -0.3 is 4.90 Å². The standard InChI is InChI=1S/C22H26N2O/c1-17-6-4-9-19(14-17)22(25)24-12-5-10-21(16-24)23-13-11-18-7-2-3-8-20(18)15-23/h2-4,6-9,14,21H,5,10-13,15-16H2,1H3/t21-/m0/s1. The predicted octanol–water partition coefficient (Wildman–Crippen LogP) is 3.66. The van der Waals surface area contributed by atoms with Crippen molar-refractivity contribution in [2.75, 3.05) is 19.6 Å². The van der Waals surface area contributed by atoms with Gasteiger partial charge in [0.25, 0.3) is 5.91 Å². The van der Waals surface area contributed by atoms with Crippen molar-refractivity contribution < 1.29 is 4.79 Å². The molecule has 2 aromatic rings. The van der Waals surface area contributed by atoms with Crippen LogP contribution in [0.4, 0.5) is 0 Å². The minimum atomic E-state index is 0.186. The normalized spacial score (nSPS) is 21.0. The second kappa shape index (κ2) is 7.01. The molecule has 2 aliphatic rings. The summed E-state index contributed by atoms with van der Waals surface area (Å²) in [5.74, 6) is 0.186. The molecule has 0 aromatic heterocycles. The maximum Gasteiger partial charge on any atom is 0.253 e. The van der Waals surface area contributed by atoms with Crippen LogP contribution < -0.4 is 0 Å². The van der Waals surface area contributed by atoms with Crippen LogP contribution >= 0.6 is 0 Å². The van der Waals surface area contributed by atoms with Crippen LogP contribution in [-0.2, 0) is 13.0 Å². The van der Waals surface area contributed by atoms with E-state index in [1.807, 2.05) is 31.2 Å². The van der Waals surface area contributed by atoms with Crippen molar-refractivity contribution in [1.82, 2.24) is 9.80 Å². The van der Waals surface area contributed by atoms with Gasteiger partial charge in [-0.2, -0.15) is 0 Å². The first-order valence-electron chi connectivity index (χ1n) is 9.37. The van der Waals surface area contributed by atoms with E-state index in [-0.39, 0.29) is 5.91 Å². The van der Waals surface area contributed by atoms with Gasteiger partial charge in [0.05, 0.1) is 0 Å². The Morgan fingerprint density at radius 1 is 1.04 bits per heavy atom. The number of piperidine rings is 1. The smallest absolute Gasteiger partial charge is 0.253 e. The van der Waals surface area contributed by atoms with Crippen LogP contribution in [0.3, 0.4) is 0 Å². The van der Waals surface area contributed by atoms with E-state index in [0.717, 1.165) is 50.1 Å². The quantitative estimate of drug-likeness (QED) is 0.837. The number of benzene rings is 2. The van der Waals surface area contributed by atoms with Gasteiger partial charge in [0.1, 0.15) is 0 Å². The second-order valence-corrected chi connectivity index (χ2v) is 7.41. The molecule has 1 fully saturated rings. The van der Waals surface area contributed by atoms with E-state index in [0.29, 0.717) is 6.04 Å². The highest BCUT2D eigenvalue weighted by Gasteiger charge is 2.30. The van der Waals surface area contributed by atoms with E-state index in [9.17, 15) is 4.79 Å².